The molecule has 1 aromatic carbocycles. The van der Waals surface area contributed by atoms with Gasteiger partial charge in [-0.2, -0.15) is 0 Å². The van der Waals surface area contributed by atoms with Crippen LogP contribution in [0.4, 0.5) is 17.6 Å². The highest BCUT2D eigenvalue weighted by Crippen LogP contribution is 2.32. The molecule has 2 rings (SSSR count). The summed E-state index contributed by atoms with van der Waals surface area (Å²) in [5.41, 5.74) is -0.563. The van der Waals surface area contributed by atoms with Gasteiger partial charge in [0.05, 0.1) is 0 Å². The molecule has 6 heteroatoms. The van der Waals surface area contributed by atoms with E-state index in [2.05, 4.69) is 4.98 Å². The predicted molar refractivity (Wildman–Crippen MR) is 59.3 cm³/mol. The van der Waals surface area contributed by atoms with Crippen LogP contribution in [0.3, 0.4) is 0 Å². The molecule has 0 amide bonds. The minimum atomic E-state index is -1.85. The fraction of sp³-hybridized carbons (Fsp3) is 0.0833. The molecule has 0 spiro atoms. The number of benzene rings is 1. The lowest BCUT2D eigenvalue weighted by Crippen LogP contribution is -2.03. The molecule has 1 aromatic heterocycles. The summed E-state index contributed by atoms with van der Waals surface area (Å²) in [6.45, 7) is 1.16. The third-order valence-corrected chi connectivity index (χ3v) is 2.72. The number of nitrogens with zero attached hydrogens (tertiary/aromatic N) is 1. The van der Waals surface area contributed by atoms with Gasteiger partial charge >= 0.3 is 0 Å². The topological polar surface area (TPSA) is 12.9 Å². The van der Waals surface area contributed by atoms with Crippen molar-refractivity contribution in [2.45, 2.75) is 6.92 Å². The molecular weight excluding hydrogens is 270 g/mol. The minimum Gasteiger partial charge on any atom is -0.245 e. The zero-order valence-corrected chi connectivity index (χ0v) is 9.83. The largest absolute Gasteiger partial charge is 0.245 e. The van der Waals surface area contributed by atoms with Crippen LogP contribution in [0.15, 0.2) is 18.3 Å². The number of hydrogen-bond acceptors (Lipinski definition) is 1. The van der Waals surface area contributed by atoms with E-state index in [1.54, 1.807) is 0 Å². The fourth-order valence-corrected chi connectivity index (χ4v) is 1.82. The zero-order valence-electron chi connectivity index (χ0n) is 9.07. The van der Waals surface area contributed by atoms with E-state index in [4.69, 9.17) is 11.6 Å². The van der Waals surface area contributed by atoms with Crippen molar-refractivity contribution in [1.82, 2.24) is 4.98 Å². The maximum Gasteiger partial charge on any atom is 0.198 e. The standard InChI is InChI=1S/C12H6ClF4N/c1-5-8(6-2-3-18-7(13)4-6)10(15)12(17)11(16)9(5)14/h2-4H,1H3. The Labute approximate surface area is 105 Å². The first-order valence-corrected chi connectivity index (χ1v) is 5.25. The van der Waals surface area contributed by atoms with E-state index < -0.39 is 23.3 Å². The van der Waals surface area contributed by atoms with Gasteiger partial charge in [0.2, 0.25) is 0 Å². The van der Waals surface area contributed by atoms with Crippen LogP contribution < -0.4 is 0 Å². The minimum absolute atomic E-state index is 0.0384. The predicted octanol–water partition coefficient (Wildman–Crippen LogP) is 4.27. The van der Waals surface area contributed by atoms with Crippen molar-refractivity contribution in [3.8, 4) is 11.1 Å². The molecule has 0 atom stereocenters. The molecule has 1 nitrogen and oxygen atoms in total. The molecule has 0 saturated heterocycles. The summed E-state index contributed by atoms with van der Waals surface area (Å²) in [6.07, 6.45) is 1.26. The van der Waals surface area contributed by atoms with E-state index in [1.165, 1.54) is 18.3 Å². The van der Waals surface area contributed by atoms with Gasteiger partial charge in [-0.1, -0.05) is 11.6 Å². The van der Waals surface area contributed by atoms with Gasteiger partial charge < -0.3 is 0 Å². The van der Waals surface area contributed by atoms with Crippen LogP contribution in [0.1, 0.15) is 5.56 Å². The second-order valence-electron chi connectivity index (χ2n) is 3.62. The van der Waals surface area contributed by atoms with Crippen LogP contribution in [0.5, 0.6) is 0 Å². The molecule has 0 aliphatic heterocycles. The first-order chi connectivity index (χ1) is 8.43. The van der Waals surface area contributed by atoms with Crippen LogP contribution in [0.2, 0.25) is 5.15 Å². The monoisotopic (exact) mass is 275 g/mol. The Morgan fingerprint density at radius 1 is 1.00 bits per heavy atom. The summed E-state index contributed by atoms with van der Waals surface area (Å²) in [4.78, 5) is 3.67. The lowest BCUT2D eigenvalue weighted by molar-refractivity contribution is 0.408. The summed E-state index contributed by atoms with van der Waals surface area (Å²) >= 11 is 5.62. The van der Waals surface area contributed by atoms with Crippen molar-refractivity contribution < 1.29 is 17.6 Å². The van der Waals surface area contributed by atoms with Crippen LogP contribution in [-0.4, -0.2) is 4.98 Å². The normalized spacial score (nSPS) is 10.8. The van der Waals surface area contributed by atoms with Gasteiger partial charge in [-0.25, -0.2) is 22.5 Å². The van der Waals surface area contributed by atoms with E-state index in [0.717, 1.165) is 6.92 Å². The second-order valence-corrected chi connectivity index (χ2v) is 4.01. The summed E-state index contributed by atoms with van der Waals surface area (Å²) in [5, 5.41) is 0.0384. The van der Waals surface area contributed by atoms with Crippen molar-refractivity contribution in [1.29, 1.82) is 0 Å². The molecule has 0 aliphatic rings. The zero-order chi connectivity index (χ0) is 13.4. The van der Waals surface area contributed by atoms with Crippen molar-refractivity contribution in [2.24, 2.45) is 0 Å². The Kier molecular flexibility index (Phi) is 3.26. The molecule has 0 unspecified atom stereocenters. The second kappa shape index (κ2) is 4.57. The molecule has 94 valence electrons. The van der Waals surface area contributed by atoms with Crippen LogP contribution in [-0.2, 0) is 0 Å². The number of rotatable bonds is 1. The summed E-state index contributed by atoms with van der Waals surface area (Å²) in [5.74, 6) is -6.54. The van der Waals surface area contributed by atoms with Gasteiger partial charge in [0.15, 0.2) is 23.3 Å². The molecule has 0 N–H and O–H groups in total. The lowest BCUT2D eigenvalue weighted by Gasteiger charge is -2.10. The number of hydrogen-bond donors (Lipinski definition) is 0. The molecule has 0 bridgehead atoms. The van der Waals surface area contributed by atoms with Gasteiger partial charge in [0.1, 0.15) is 5.15 Å². The van der Waals surface area contributed by atoms with Gasteiger partial charge in [-0.15, -0.1) is 0 Å². The Hall–Kier alpha value is -1.62. The Morgan fingerprint density at radius 3 is 2.22 bits per heavy atom. The first-order valence-electron chi connectivity index (χ1n) is 4.88. The van der Waals surface area contributed by atoms with Crippen molar-refractivity contribution >= 4 is 11.6 Å². The fourth-order valence-electron chi connectivity index (χ4n) is 1.64. The van der Waals surface area contributed by atoms with Crippen molar-refractivity contribution in [3.63, 3.8) is 0 Å². The van der Waals surface area contributed by atoms with Crippen LogP contribution in [0, 0.1) is 30.2 Å². The average molecular weight is 276 g/mol. The molecule has 18 heavy (non-hydrogen) atoms. The highest BCUT2D eigenvalue weighted by molar-refractivity contribution is 6.29. The summed E-state index contributed by atoms with van der Waals surface area (Å²) < 4.78 is 53.2. The molecule has 0 saturated carbocycles. The van der Waals surface area contributed by atoms with Gasteiger partial charge in [0, 0.05) is 11.8 Å². The van der Waals surface area contributed by atoms with Gasteiger partial charge in [0.25, 0.3) is 0 Å². The number of aromatic nitrogens is 1. The first kappa shape index (κ1) is 12.8. The van der Waals surface area contributed by atoms with E-state index >= 15 is 0 Å². The Balaban J connectivity index is 2.80. The van der Waals surface area contributed by atoms with E-state index in [0.29, 0.717) is 0 Å². The summed E-state index contributed by atoms with van der Waals surface area (Å²) in [6, 6.07) is 2.57. The molecule has 2 aromatic rings. The maximum absolute atomic E-state index is 13.7. The molecule has 1 heterocycles. The van der Waals surface area contributed by atoms with E-state index in [-0.39, 0.29) is 21.8 Å². The Morgan fingerprint density at radius 2 is 1.61 bits per heavy atom. The van der Waals surface area contributed by atoms with Crippen LogP contribution >= 0.6 is 11.6 Å². The van der Waals surface area contributed by atoms with Crippen molar-refractivity contribution in [2.75, 3.05) is 0 Å². The third kappa shape index (κ3) is 1.95. The van der Waals surface area contributed by atoms with Crippen molar-refractivity contribution in [3.05, 3.63) is 52.3 Å². The molecule has 0 fully saturated rings. The summed E-state index contributed by atoms with van der Waals surface area (Å²) in [7, 11) is 0. The highest BCUT2D eigenvalue weighted by Gasteiger charge is 2.23. The molecule has 0 aliphatic carbocycles. The van der Waals surface area contributed by atoms with Gasteiger partial charge in [-0.05, 0) is 30.2 Å². The quantitative estimate of drug-likeness (QED) is 0.328. The highest BCUT2D eigenvalue weighted by atomic mass is 35.5. The molecule has 0 radical (unpaired) electrons. The molecular formula is C12H6ClF4N. The number of halogens is 5. The maximum atomic E-state index is 13.7. The van der Waals surface area contributed by atoms with E-state index in [1.807, 2.05) is 0 Å². The van der Waals surface area contributed by atoms with E-state index in [9.17, 15) is 17.6 Å². The van der Waals surface area contributed by atoms with Crippen LogP contribution in [0.25, 0.3) is 11.1 Å². The average Bonchev–Trinajstić information content (AvgIpc) is 2.34. The smallest absolute Gasteiger partial charge is 0.198 e. The number of pyridine rings is 1. The van der Waals surface area contributed by atoms with Gasteiger partial charge in [-0.3, -0.25) is 0 Å². The Bertz CT molecular complexity index is 599. The third-order valence-electron chi connectivity index (χ3n) is 2.52. The lowest BCUT2D eigenvalue weighted by atomic mass is 10.00. The SMILES string of the molecule is Cc1c(F)c(F)c(F)c(F)c1-c1ccnc(Cl)c1.